The van der Waals surface area contributed by atoms with Crippen LogP contribution in [0.15, 0.2) is 28.6 Å². The number of fused-ring (bicyclic) bond motifs is 1. The fourth-order valence-corrected chi connectivity index (χ4v) is 5.83. The van der Waals surface area contributed by atoms with E-state index in [2.05, 4.69) is 9.71 Å². The fourth-order valence-electron chi connectivity index (χ4n) is 4.25. The SMILES string of the molecule is CC(C)CC1(F)CCN(C(=O)c2c(O)c(O)c(NSc3cccc4scnc34)c(O)c2O)CC1. The molecule has 0 unspecified atom stereocenters. The number of anilines is 1. The second kappa shape index (κ2) is 9.38. The summed E-state index contributed by atoms with van der Waals surface area (Å²) in [5.41, 5.74) is 0.0722. The Morgan fingerprint density at radius 1 is 1.18 bits per heavy atom. The molecule has 5 N–H and O–H groups in total. The van der Waals surface area contributed by atoms with Gasteiger partial charge in [-0.05, 0) is 49.3 Å². The van der Waals surface area contributed by atoms with Crippen molar-refractivity contribution < 1.29 is 29.6 Å². The van der Waals surface area contributed by atoms with Gasteiger partial charge in [0.1, 0.15) is 16.9 Å². The third kappa shape index (κ3) is 4.54. The summed E-state index contributed by atoms with van der Waals surface area (Å²) in [6.45, 7) is 4.06. The lowest BCUT2D eigenvalue weighted by atomic mass is 9.85. The number of hydrogen-bond acceptors (Lipinski definition) is 9. The van der Waals surface area contributed by atoms with Gasteiger partial charge in [0.05, 0.1) is 20.6 Å². The van der Waals surface area contributed by atoms with Gasteiger partial charge in [-0.3, -0.25) is 4.79 Å². The monoisotopic (exact) mass is 507 g/mol. The third-order valence-corrected chi connectivity index (χ3v) is 7.57. The molecule has 0 aliphatic carbocycles. The molecular weight excluding hydrogens is 481 g/mol. The molecule has 2 heterocycles. The minimum atomic E-state index is -1.37. The van der Waals surface area contributed by atoms with Gasteiger partial charge >= 0.3 is 0 Å². The molecule has 1 fully saturated rings. The van der Waals surface area contributed by atoms with Crippen LogP contribution in [0.3, 0.4) is 0 Å². The molecule has 34 heavy (non-hydrogen) atoms. The second-order valence-corrected chi connectivity index (χ2v) is 10.6. The first-order valence-electron chi connectivity index (χ1n) is 10.8. The number of phenolic OH excluding ortho intramolecular Hbond substituents is 4. The molecule has 0 spiro atoms. The second-order valence-electron chi connectivity index (χ2n) is 8.84. The van der Waals surface area contributed by atoms with Gasteiger partial charge in [0.2, 0.25) is 0 Å². The summed E-state index contributed by atoms with van der Waals surface area (Å²) < 4.78 is 18.6. The number of carbonyl (C=O) groups is 1. The van der Waals surface area contributed by atoms with Crippen LogP contribution in [0.1, 0.15) is 43.5 Å². The van der Waals surface area contributed by atoms with Gasteiger partial charge in [-0.15, -0.1) is 11.3 Å². The molecule has 0 radical (unpaired) electrons. The maximum atomic E-state index is 15.0. The average molecular weight is 508 g/mol. The number of para-hydroxylation sites is 1. The first-order valence-corrected chi connectivity index (χ1v) is 12.5. The smallest absolute Gasteiger partial charge is 0.261 e. The molecule has 3 aromatic rings. The van der Waals surface area contributed by atoms with E-state index in [-0.39, 0.29) is 37.5 Å². The number of nitrogens with one attached hydrogen (secondary N) is 1. The number of amides is 1. The van der Waals surface area contributed by atoms with Crippen molar-refractivity contribution in [2.24, 2.45) is 5.92 Å². The van der Waals surface area contributed by atoms with Crippen molar-refractivity contribution >= 4 is 45.1 Å². The largest absolute Gasteiger partial charge is 0.504 e. The zero-order valence-corrected chi connectivity index (χ0v) is 20.3. The number of aromatic hydroxyl groups is 4. The van der Waals surface area contributed by atoms with Gasteiger partial charge in [-0.1, -0.05) is 19.9 Å². The highest BCUT2D eigenvalue weighted by Crippen LogP contribution is 2.52. The van der Waals surface area contributed by atoms with E-state index < -0.39 is 40.1 Å². The van der Waals surface area contributed by atoms with E-state index in [1.54, 1.807) is 11.6 Å². The molecule has 1 saturated heterocycles. The molecule has 1 amide bonds. The van der Waals surface area contributed by atoms with E-state index in [0.29, 0.717) is 11.3 Å². The Kier molecular flexibility index (Phi) is 6.68. The van der Waals surface area contributed by atoms with Crippen LogP contribution < -0.4 is 4.72 Å². The number of rotatable bonds is 6. The van der Waals surface area contributed by atoms with Crippen LogP contribution >= 0.6 is 23.3 Å². The van der Waals surface area contributed by atoms with Gasteiger partial charge in [0.15, 0.2) is 23.0 Å². The summed E-state index contributed by atoms with van der Waals surface area (Å²) in [7, 11) is 0. The van der Waals surface area contributed by atoms with Crippen molar-refractivity contribution in [3.05, 3.63) is 29.3 Å². The number of halogens is 1. The van der Waals surface area contributed by atoms with E-state index in [1.165, 1.54) is 16.2 Å². The molecular formula is C23H26FN3O5S2. The first-order chi connectivity index (χ1) is 16.1. The van der Waals surface area contributed by atoms with E-state index in [4.69, 9.17) is 0 Å². The van der Waals surface area contributed by atoms with E-state index in [9.17, 15) is 29.6 Å². The minimum absolute atomic E-state index is 0.0932. The van der Waals surface area contributed by atoms with Crippen LogP contribution in [-0.4, -0.2) is 55.0 Å². The Morgan fingerprint density at radius 2 is 1.82 bits per heavy atom. The van der Waals surface area contributed by atoms with Crippen LogP contribution in [0.5, 0.6) is 23.0 Å². The van der Waals surface area contributed by atoms with Gasteiger partial charge < -0.3 is 30.0 Å². The Balaban J connectivity index is 1.55. The van der Waals surface area contributed by atoms with Crippen LogP contribution in [0.4, 0.5) is 10.1 Å². The summed E-state index contributed by atoms with van der Waals surface area (Å²) in [4.78, 5) is 19.3. The average Bonchev–Trinajstić information content (AvgIpc) is 3.27. The number of alkyl halides is 1. The van der Waals surface area contributed by atoms with Crippen LogP contribution in [-0.2, 0) is 0 Å². The molecule has 182 valence electrons. The number of likely N-dealkylation sites (tertiary alicyclic amines) is 1. The van der Waals surface area contributed by atoms with Gasteiger partial charge in [-0.25, -0.2) is 9.37 Å². The molecule has 4 rings (SSSR count). The van der Waals surface area contributed by atoms with Crippen molar-refractivity contribution in [2.45, 2.75) is 43.7 Å². The molecule has 0 bridgehead atoms. The van der Waals surface area contributed by atoms with Crippen molar-refractivity contribution in [3.8, 4) is 23.0 Å². The van der Waals surface area contributed by atoms with E-state index >= 15 is 0 Å². The fraction of sp³-hybridized carbons (Fsp3) is 0.391. The van der Waals surface area contributed by atoms with E-state index in [1.807, 2.05) is 26.0 Å². The van der Waals surface area contributed by atoms with Crippen molar-refractivity contribution in [1.29, 1.82) is 0 Å². The predicted molar refractivity (Wildman–Crippen MR) is 131 cm³/mol. The van der Waals surface area contributed by atoms with Crippen LogP contribution in [0.25, 0.3) is 10.2 Å². The highest BCUT2D eigenvalue weighted by molar-refractivity contribution is 8.00. The Bertz CT molecular complexity index is 1200. The Hall–Kier alpha value is -2.92. The summed E-state index contributed by atoms with van der Waals surface area (Å²) in [5.74, 6) is -3.92. The molecule has 0 atom stereocenters. The number of thiazole rings is 1. The molecule has 11 heteroatoms. The Labute approximate surface area is 204 Å². The number of aromatic nitrogens is 1. The van der Waals surface area contributed by atoms with Gasteiger partial charge in [0.25, 0.3) is 5.91 Å². The number of hydrogen-bond donors (Lipinski definition) is 5. The number of nitrogens with zero attached hydrogens (tertiary/aromatic N) is 2. The topological polar surface area (TPSA) is 126 Å². The maximum absolute atomic E-state index is 15.0. The summed E-state index contributed by atoms with van der Waals surface area (Å²) >= 11 is 2.47. The van der Waals surface area contributed by atoms with Crippen molar-refractivity contribution in [3.63, 3.8) is 0 Å². The normalized spacial score (nSPS) is 15.7. The molecule has 1 aliphatic rings. The molecule has 0 saturated carbocycles. The van der Waals surface area contributed by atoms with Crippen molar-refractivity contribution in [1.82, 2.24) is 9.88 Å². The maximum Gasteiger partial charge on any atom is 0.261 e. The van der Waals surface area contributed by atoms with Crippen LogP contribution in [0, 0.1) is 5.92 Å². The first kappa shape index (κ1) is 24.2. The number of carbonyl (C=O) groups excluding carboxylic acids is 1. The molecule has 1 aromatic heterocycles. The van der Waals surface area contributed by atoms with Crippen molar-refractivity contribution in [2.75, 3.05) is 17.8 Å². The lowest BCUT2D eigenvalue weighted by molar-refractivity contribution is 0.0336. The van der Waals surface area contributed by atoms with Gasteiger partial charge in [0, 0.05) is 13.1 Å². The number of benzene rings is 2. The quantitative estimate of drug-likeness (QED) is 0.174. The summed E-state index contributed by atoms with van der Waals surface area (Å²) in [6.07, 6.45) is 0.656. The number of phenols is 4. The summed E-state index contributed by atoms with van der Waals surface area (Å²) in [6, 6.07) is 5.51. The highest BCUT2D eigenvalue weighted by Gasteiger charge is 2.38. The third-order valence-electron chi connectivity index (χ3n) is 5.92. The zero-order valence-electron chi connectivity index (χ0n) is 18.7. The lowest BCUT2D eigenvalue weighted by Gasteiger charge is -2.37. The van der Waals surface area contributed by atoms with Gasteiger partial charge in [-0.2, -0.15) is 0 Å². The standard InChI is InChI=1S/C23H26FN3O5S2/c1-12(2)10-23(24)6-8-27(9-7-23)22(32)15-18(28)20(30)17(21(31)19(15)29)26-34-14-5-3-4-13-16(14)25-11-33-13/h3-5,11-12,26,28-31H,6-10H2,1-2H3. The number of piperidine rings is 1. The Morgan fingerprint density at radius 3 is 2.44 bits per heavy atom. The predicted octanol–water partition coefficient (Wildman–Crippen LogP) is 5.23. The highest BCUT2D eigenvalue weighted by atomic mass is 32.2. The minimum Gasteiger partial charge on any atom is -0.504 e. The summed E-state index contributed by atoms with van der Waals surface area (Å²) in [5, 5.41) is 42.1. The van der Waals surface area contributed by atoms with E-state index in [0.717, 1.165) is 22.2 Å². The molecule has 8 nitrogen and oxygen atoms in total. The lowest BCUT2D eigenvalue weighted by Crippen LogP contribution is -2.45. The van der Waals surface area contributed by atoms with Crippen LogP contribution in [0.2, 0.25) is 0 Å². The molecule has 1 aliphatic heterocycles. The zero-order chi connectivity index (χ0) is 24.6. The molecule has 2 aromatic carbocycles.